The number of halogens is 2. The van der Waals surface area contributed by atoms with Crippen LogP contribution in [0, 0.1) is 0 Å². The fourth-order valence-electron chi connectivity index (χ4n) is 1.39. The number of hydrogen-bond acceptors (Lipinski definition) is 1. The molecule has 0 saturated carbocycles. The summed E-state index contributed by atoms with van der Waals surface area (Å²) in [5, 5.41) is 0. The third-order valence-electron chi connectivity index (χ3n) is 2.36. The first-order valence-corrected chi connectivity index (χ1v) is 5.74. The smallest absolute Gasteiger partial charge is 0.188 e. The van der Waals surface area contributed by atoms with Gasteiger partial charge in [0.25, 0.3) is 0 Å². The second kappa shape index (κ2) is 4.88. The molecule has 0 aliphatic heterocycles. The first-order valence-electron chi connectivity index (χ1n) is 4.95. The van der Waals surface area contributed by atoms with Gasteiger partial charge in [-0.05, 0) is 30.5 Å². The molecule has 1 aromatic rings. The minimum Gasteiger partial charge on any atom is -0.299 e. The first-order chi connectivity index (χ1) is 7.01. The van der Waals surface area contributed by atoms with Crippen LogP contribution in [0.2, 0.25) is 0 Å². The number of aldehydes is 1. The van der Waals surface area contributed by atoms with E-state index in [-0.39, 0.29) is 0 Å². The molecule has 0 bridgehead atoms. The third kappa shape index (κ3) is 2.88. The van der Waals surface area contributed by atoms with Gasteiger partial charge in [-0.25, -0.2) is 4.39 Å². The van der Waals surface area contributed by atoms with Gasteiger partial charge >= 0.3 is 0 Å². The number of hydrogen-bond donors (Lipinski definition) is 0. The third-order valence-corrected chi connectivity index (χ3v) is 3.10. The Kier molecular flexibility index (Phi) is 4.03. The van der Waals surface area contributed by atoms with Gasteiger partial charge in [-0.15, -0.1) is 0 Å². The molecular weight excluding hydrogens is 259 g/mol. The van der Waals surface area contributed by atoms with Gasteiger partial charge in [0, 0.05) is 4.47 Å². The maximum absolute atomic E-state index is 13.7. The SMILES string of the molecule is CCCc1ccc(C(C)(F)C=O)cc1Br. The highest BCUT2D eigenvalue weighted by Crippen LogP contribution is 2.28. The molecule has 0 heterocycles. The molecule has 3 heteroatoms. The van der Waals surface area contributed by atoms with Crippen molar-refractivity contribution < 1.29 is 9.18 Å². The molecule has 1 nitrogen and oxygen atoms in total. The van der Waals surface area contributed by atoms with Gasteiger partial charge in [-0.3, -0.25) is 4.79 Å². The van der Waals surface area contributed by atoms with E-state index < -0.39 is 5.67 Å². The van der Waals surface area contributed by atoms with Crippen LogP contribution in [0.25, 0.3) is 0 Å². The number of benzene rings is 1. The Bertz CT molecular complexity index is 361. The van der Waals surface area contributed by atoms with E-state index in [9.17, 15) is 9.18 Å². The molecule has 82 valence electrons. The highest BCUT2D eigenvalue weighted by atomic mass is 79.9. The number of aryl methyl sites for hydroxylation is 1. The lowest BCUT2D eigenvalue weighted by molar-refractivity contribution is -0.117. The van der Waals surface area contributed by atoms with Crippen molar-refractivity contribution >= 4 is 22.2 Å². The Morgan fingerprint density at radius 1 is 1.53 bits per heavy atom. The van der Waals surface area contributed by atoms with Crippen molar-refractivity contribution in [3.05, 3.63) is 33.8 Å². The van der Waals surface area contributed by atoms with Crippen LogP contribution in [0.1, 0.15) is 31.4 Å². The van der Waals surface area contributed by atoms with E-state index in [0.717, 1.165) is 22.9 Å². The molecule has 1 atom stereocenters. The lowest BCUT2D eigenvalue weighted by Gasteiger charge is -2.14. The second-order valence-corrected chi connectivity index (χ2v) is 4.60. The molecule has 1 aromatic carbocycles. The van der Waals surface area contributed by atoms with E-state index in [1.165, 1.54) is 6.92 Å². The van der Waals surface area contributed by atoms with Crippen LogP contribution in [0.5, 0.6) is 0 Å². The Morgan fingerprint density at radius 3 is 2.67 bits per heavy atom. The van der Waals surface area contributed by atoms with Gasteiger partial charge in [0.2, 0.25) is 0 Å². The average Bonchev–Trinajstić information content (AvgIpc) is 2.21. The van der Waals surface area contributed by atoms with Crippen LogP contribution >= 0.6 is 15.9 Å². The second-order valence-electron chi connectivity index (χ2n) is 3.75. The average molecular weight is 273 g/mol. The predicted octanol–water partition coefficient (Wildman–Crippen LogP) is 3.79. The minimum absolute atomic E-state index is 0.328. The Hall–Kier alpha value is -0.700. The number of rotatable bonds is 4. The van der Waals surface area contributed by atoms with E-state index in [2.05, 4.69) is 22.9 Å². The maximum Gasteiger partial charge on any atom is 0.188 e. The summed E-state index contributed by atoms with van der Waals surface area (Å²) in [7, 11) is 0. The Labute approximate surface area is 97.8 Å². The predicted molar refractivity (Wildman–Crippen MR) is 62.7 cm³/mol. The summed E-state index contributed by atoms with van der Waals surface area (Å²) in [6, 6.07) is 5.22. The van der Waals surface area contributed by atoms with Crippen molar-refractivity contribution in [2.45, 2.75) is 32.4 Å². The largest absolute Gasteiger partial charge is 0.299 e. The summed E-state index contributed by atoms with van der Waals surface area (Å²) in [5.41, 5.74) is -0.361. The van der Waals surface area contributed by atoms with Crippen LogP contribution in [0.15, 0.2) is 22.7 Å². The van der Waals surface area contributed by atoms with Crippen molar-refractivity contribution in [3.8, 4) is 0 Å². The quantitative estimate of drug-likeness (QED) is 0.763. The van der Waals surface area contributed by atoms with Crippen molar-refractivity contribution in [2.24, 2.45) is 0 Å². The molecule has 1 unspecified atom stereocenters. The van der Waals surface area contributed by atoms with Crippen LogP contribution in [0.4, 0.5) is 4.39 Å². The van der Waals surface area contributed by atoms with Gasteiger partial charge in [0.15, 0.2) is 12.0 Å². The lowest BCUT2D eigenvalue weighted by Crippen LogP contribution is -2.16. The fourth-order valence-corrected chi connectivity index (χ4v) is 1.97. The highest BCUT2D eigenvalue weighted by molar-refractivity contribution is 9.10. The molecule has 0 saturated heterocycles. The summed E-state index contributed by atoms with van der Waals surface area (Å²) >= 11 is 3.39. The summed E-state index contributed by atoms with van der Waals surface area (Å²) < 4.78 is 14.5. The van der Waals surface area contributed by atoms with Crippen LogP contribution in [-0.4, -0.2) is 6.29 Å². The molecule has 0 aliphatic rings. The summed E-state index contributed by atoms with van der Waals surface area (Å²) in [6.45, 7) is 3.35. The molecule has 0 N–H and O–H groups in total. The van der Waals surface area contributed by atoms with Gasteiger partial charge in [-0.1, -0.05) is 41.4 Å². The molecule has 0 radical (unpaired) electrons. The Balaban J connectivity index is 3.06. The summed E-state index contributed by atoms with van der Waals surface area (Å²) in [6.07, 6.45) is 2.32. The maximum atomic E-state index is 13.7. The molecule has 15 heavy (non-hydrogen) atoms. The zero-order chi connectivity index (χ0) is 11.5. The van der Waals surface area contributed by atoms with Crippen molar-refractivity contribution in [3.63, 3.8) is 0 Å². The first kappa shape index (κ1) is 12.4. The highest BCUT2D eigenvalue weighted by Gasteiger charge is 2.25. The van der Waals surface area contributed by atoms with Crippen LogP contribution in [-0.2, 0) is 16.9 Å². The van der Waals surface area contributed by atoms with E-state index in [0.29, 0.717) is 11.8 Å². The van der Waals surface area contributed by atoms with E-state index in [1.54, 1.807) is 12.1 Å². The summed E-state index contributed by atoms with van der Waals surface area (Å²) in [5.74, 6) is 0. The fraction of sp³-hybridized carbons (Fsp3) is 0.417. The van der Waals surface area contributed by atoms with Gasteiger partial charge < -0.3 is 0 Å². The number of carbonyl (C=O) groups excluding carboxylic acids is 1. The molecule has 0 fully saturated rings. The normalized spacial score (nSPS) is 14.7. The zero-order valence-electron chi connectivity index (χ0n) is 8.89. The standard InChI is InChI=1S/C12H14BrFO/c1-3-4-9-5-6-10(7-11(9)13)12(2,14)8-15/h5-8H,3-4H2,1-2H3. The molecule has 1 rings (SSSR count). The monoisotopic (exact) mass is 272 g/mol. The topological polar surface area (TPSA) is 17.1 Å². The molecular formula is C12H14BrFO. The minimum atomic E-state index is -1.90. The molecule has 0 amide bonds. The Morgan fingerprint density at radius 2 is 2.20 bits per heavy atom. The molecule has 0 aliphatic carbocycles. The van der Waals surface area contributed by atoms with Gasteiger partial charge in [-0.2, -0.15) is 0 Å². The van der Waals surface area contributed by atoms with Crippen molar-refractivity contribution in [1.29, 1.82) is 0 Å². The molecule has 0 aromatic heterocycles. The van der Waals surface area contributed by atoms with Crippen molar-refractivity contribution in [2.75, 3.05) is 0 Å². The lowest BCUT2D eigenvalue weighted by atomic mass is 9.97. The van der Waals surface area contributed by atoms with Gasteiger partial charge in [0.1, 0.15) is 0 Å². The number of alkyl halides is 1. The van der Waals surface area contributed by atoms with Crippen molar-refractivity contribution in [1.82, 2.24) is 0 Å². The van der Waals surface area contributed by atoms with E-state index in [4.69, 9.17) is 0 Å². The number of carbonyl (C=O) groups is 1. The van der Waals surface area contributed by atoms with Crippen LogP contribution in [0.3, 0.4) is 0 Å². The van der Waals surface area contributed by atoms with E-state index >= 15 is 0 Å². The van der Waals surface area contributed by atoms with Crippen LogP contribution < -0.4 is 0 Å². The molecule has 0 spiro atoms. The van der Waals surface area contributed by atoms with E-state index in [1.807, 2.05) is 6.07 Å². The van der Waals surface area contributed by atoms with Gasteiger partial charge in [0.05, 0.1) is 0 Å². The zero-order valence-corrected chi connectivity index (χ0v) is 10.5. The summed E-state index contributed by atoms with van der Waals surface area (Å²) in [4.78, 5) is 10.6.